The van der Waals surface area contributed by atoms with Gasteiger partial charge in [0.15, 0.2) is 0 Å². The maximum absolute atomic E-state index is 13.3. The molecule has 2 aromatic rings. The largest absolute Gasteiger partial charge is 0.341 e. The van der Waals surface area contributed by atoms with Crippen molar-refractivity contribution in [3.05, 3.63) is 65.7 Å². The minimum atomic E-state index is -0.607. The molecule has 0 aromatic heterocycles. The van der Waals surface area contributed by atoms with Crippen LogP contribution in [0.5, 0.6) is 0 Å². The molecular formula is C28H37N3O3. The highest BCUT2D eigenvalue weighted by Gasteiger charge is 2.33. The van der Waals surface area contributed by atoms with Crippen LogP contribution in [0.1, 0.15) is 63.4 Å². The summed E-state index contributed by atoms with van der Waals surface area (Å²) in [6, 6.07) is 16.4. The molecule has 1 heterocycles. The van der Waals surface area contributed by atoms with Crippen molar-refractivity contribution in [3.8, 4) is 0 Å². The molecule has 1 atom stereocenters. The van der Waals surface area contributed by atoms with Gasteiger partial charge in [-0.1, -0.05) is 65.0 Å². The van der Waals surface area contributed by atoms with Crippen LogP contribution in [0.15, 0.2) is 54.6 Å². The van der Waals surface area contributed by atoms with E-state index in [-0.39, 0.29) is 35.0 Å². The van der Waals surface area contributed by atoms with Crippen molar-refractivity contribution in [1.29, 1.82) is 0 Å². The lowest BCUT2D eigenvalue weighted by Gasteiger charge is -2.35. The van der Waals surface area contributed by atoms with Crippen molar-refractivity contribution in [2.24, 2.45) is 11.8 Å². The van der Waals surface area contributed by atoms with Crippen LogP contribution in [0.4, 0.5) is 5.69 Å². The van der Waals surface area contributed by atoms with Crippen LogP contribution < -0.4 is 10.6 Å². The maximum Gasteiger partial charge on any atom is 0.251 e. The van der Waals surface area contributed by atoms with Gasteiger partial charge >= 0.3 is 0 Å². The number of amides is 3. The van der Waals surface area contributed by atoms with Gasteiger partial charge in [0.2, 0.25) is 11.8 Å². The van der Waals surface area contributed by atoms with Gasteiger partial charge in [0, 0.05) is 30.3 Å². The topological polar surface area (TPSA) is 78.5 Å². The molecule has 2 N–H and O–H groups in total. The average Bonchev–Trinajstić information content (AvgIpc) is 2.82. The lowest BCUT2D eigenvalue weighted by atomic mass is 9.86. The molecule has 0 radical (unpaired) electrons. The van der Waals surface area contributed by atoms with E-state index in [2.05, 4.69) is 31.4 Å². The van der Waals surface area contributed by atoms with Crippen molar-refractivity contribution < 1.29 is 14.4 Å². The van der Waals surface area contributed by atoms with Crippen molar-refractivity contribution in [2.75, 3.05) is 18.4 Å². The van der Waals surface area contributed by atoms with Crippen LogP contribution in [0.25, 0.3) is 0 Å². The second-order valence-corrected chi connectivity index (χ2v) is 10.5. The molecule has 3 amide bonds. The van der Waals surface area contributed by atoms with Gasteiger partial charge in [-0.3, -0.25) is 14.4 Å². The Bertz CT molecular complexity index is 986. The van der Waals surface area contributed by atoms with Gasteiger partial charge in [-0.25, -0.2) is 0 Å². The van der Waals surface area contributed by atoms with Crippen LogP contribution in [-0.4, -0.2) is 41.8 Å². The standard InChI is InChI=1S/C28H37N3O3/c1-19(2)24(30-26(33)20-11-13-22(14-12-20)28(3,4)5)27(34)31-17-15-21(16-18-31)25(32)29-23-9-7-6-8-10-23/h6-14,19,21,24H,15-18H2,1-5H3,(H,29,32)(H,30,33). The minimum absolute atomic E-state index is 0.00860. The summed E-state index contributed by atoms with van der Waals surface area (Å²) in [6.07, 6.45) is 1.22. The molecule has 2 aromatic carbocycles. The van der Waals surface area contributed by atoms with Crippen LogP contribution >= 0.6 is 0 Å². The normalized spacial score (nSPS) is 15.6. The predicted octanol–water partition coefficient (Wildman–Crippen LogP) is 4.62. The summed E-state index contributed by atoms with van der Waals surface area (Å²) in [6.45, 7) is 11.3. The van der Waals surface area contributed by atoms with Gasteiger partial charge in [0.25, 0.3) is 5.91 Å². The molecule has 1 fully saturated rings. The summed E-state index contributed by atoms with van der Waals surface area (Å²) in [5.74, 6) is -0.519. The van der Waals surface area contributed by atoms with E-state index in [0.717, 1.165) is 11.3 Å². The summed E-state index contributed by atoms with van der Waals surface area (Å²) in [5, 5.41) is 5.90. The molecule has 1 aliphatic heterocycles. The molecule has 1 unspecified atom stereocenters. The fourth-order valence-electron chi connectivity index (χ4n) is 4.18. The van der Waals surface area contributed by atoms with Crippen molar-refractivity contribution in [2.45, 2.75) is 58.9 Å². The van der Waals surface area contributed by atoms with E-state index in [1.54, 1.807) is 4.90 Å². The van der Waals surface area contributed by atoms with Crippen LogP contribution in [0, 0.1) is 11.8 Å². The quantitative estimate of drug-likeness (QED) is 0.656. The number of piperidine rings is 1. The highest BCUT2D eigenvalue weighted by Crippen LogP contribution is 2.23. The Labute approximate surface area is 203 Å². The molecule has 34 heavy (non-hydrogen) atoms. The number of hydrogen-bond acceptors (Lipinski definition) is 3. The Morgan fingerprint density at radius 1 is 0.912 bits per heavy atom. The molecule has 1 saturated heterocycles. The third-order valence-electron chi connectivity index (χ3n) is 6.45. The van der Waals surface area contributed by atoms with E-state index in [4.69, 9.17) is 0 Å². The van der Waals surface area contributed by atoms with Gasteiger partial charge < -0.3 is 15.5 Å². The van der Waals surface area contributed by atoms with E-state index in [0.29, 0.717) is 31.5 Å². The smallest absolute Gasteiger partial charge is 0.251 e. The number of carbonyl (C=O) groups is 3. The van der Waals surface area contributed by atoms with Gasteiger partial charge in [0.05, 0.1) is 0 Å². The molecule has 3 rings (SSSR count). The molecule has 0 spiro atoms. The zero-order valence-corrected chi connectivity index (χ0v) is 20.9. The number of likely N-dealkylation sites (tertiary alicyclic amines) is 1. The fourth-order valence-corrected chi connectivity index (χ4v) is 4.18. The zero-order chi connectivity index (χ0) is 24.9. The molecule has 6 nitrogen and oxygen atoms in total. The average molecular weight is 464 g/mol. The Balaban J connectivity index is 1.57. The van der Waals surface area contributed by atoms with Gasteiger partial charge in [-0.2, -0.15) is 0 Å². The number of carbonyl (C=O) groups excluding carboxylic acids is 3. The summed E-state index contributed by atoms with van der Waals surface area (Å²) in [4.78, 5) is 40.5. The van der Waals surface area contributed by atoms with Crippen LogP contribution in [0.3, 0.4) is 0 Å². The number of benzene rings is 2. The Morgan fingerprint density at radius 2 is 1.50 bits per heavy atom. The van der Waals surface area contributed by atoms with Gasteiger partial charge in [-0.15, -0.1) is 0 Å². The molecule has 6 heteroatoms. The van der Waals surface area contributed by atoms with Crippen molar-refractivity contribution in [3.63, 3.8) is 0 Å². The second-order valence-electron chi connectivity index (χ2n) is 10.5. The summed E-state index contributed by atoms with van der Waals surface area (Å²) >= 11 is 0. The molecular weight excluding hydrogens is 426 g/mol. The second kappa shape index (κ2) is 10.9. The highest BCUT2D eigenvalue weighted by molar-refractivity contribution is 5.98. The van der Waals surface area contributed by atoms with E-state index in [1.807, 2.05) is 68.4 Å². The molecule has 1 aliphatic rings. The number of nitrogens with zero attached hydrogens (tertiary/aromatic N) is 1. The maximum atomic E-state index is 13.3. The lowest BCUT2D eigenvalue weighted by molar-refractivity contribution is -0.137. The number of para-hydroxylation sites is 1. The first-order valence-electron chi connectivity index (χ1n) is 12.1. The Hall–Kier alpha value is -3.15. The van der Waals surface area contributed by atoms with E-state index in [1.165, 1.54) is 0 Å². The third kappa shape index (κ3) is 6.46. The zero-order valence-electron chi connectivity index (χ0n) is 20.9. The summed E-state index contributed by atoms with van der Waals surface area (Å²) in [5.41, 5.74) is 2.49. The van der Waals surface area contributed by atoms with E-state index >= 15 is 0 Å². The minimum Gasteiger partial charge on any atom is -0.341 e. The SMILES string of the molecule is CC(C)C(NC(=O)c1ccc(C(C)(C)C)cc1)C(=O)N1CCC(C(=O)Nc2ccccc2)CC1. The molecule has 182 valence electrons. The van der Waals surface area contributed by atoms with Gasteiger partial charge in [0.1, 0.15) is 6.04 Å². The first-order chi connectivity index (χ1) is 16.1. The van der Waals surface area contributed by atoms with E-state index < -0.39 is 6.04 Å². The number of rotatable bonds is 6. The molecule has 0 bridgehead atoms. The first kappa shape index (κ1) is 25.5. The summed E-state index contributed by atoms with van der Waals surface area (Å²) in [7, 11) is 0. The number of nitrogens with one attached hydrogen (secondary N) is 2. The van der Waals surface area contributed by atoms with Crippen LogP contribution in [-0.2, 0) is 15.0 Å². The monoisotopic (exact) mass is 463 g/mol. The molecule has 0 aliphatic carbocycles. The Morgan fingerprint density at radius 3 is 2.03 bits per heavy atom. The van der Waals surface area contributed by atoms with Crippen molar-refractivity contribution in [1.82, 2.24) is 10.2 Å². The van der Waals surface area contributed by atoms with Gasteiger partial charge in [-0.05, 0) is 54.0 Å². The lowest BCUT2D eigenvalue weighted by Crippen LogP contribution is -2.53. The number of anilines is 1. The fraction of sp³-hybridized carbons (Fsp3) is 0.464. The first-order valence-corrected chi connectivity index (χ1v) is 12.1. The van der Waals surface area contributed by atoms with Crippen LogP contribution in [0.2, 0.25) is 0 Å². The Kier molecular flexibility index (Phi) is 8.13. The molecule has 0 saturated carbocycles. The highest BCUT2D eigenvalue weighted by atomic mass is 16.2. The number of hydrogen-bond donors (Lipinski definition) is 2. The van der Waals surface area contributed by atoms with Crippen molar-refractivity contribution >= 4 is 23.4 Å². The van der Waals surface area contributed by atoms with E-state index in [9.17, 15) is 14.4 Å². The third-order valence-corrected chi connectivity index (χ3v) is 6.45. The predicted molar refractivity (Wildman–Crippen MR) is 136 cm³/mol. The summed E-state index contributed by atoms with van der Waals surface area (Å²) < 4.78 is 0.